The van der Waals surface area contributed by atoms with Crippen LogP contribution < -0.4 is 4.74 Å². The normalized spacial score (nSPS) is 21.3. The standard InChI is InChI=1S/C28H30O3/c1-28(2,3)23-16-22(23)26(27(29)30)25-20-9-5-4-7-17(20)10-12-21(25)18-11-13-24-19(15-18)8-6-14-31-24/h4-5,7,9-13,15,22-23,26H,6,8,14,16H2,1-3H3,(H,29,30). The zero-order chi connectivity index (χ0) is 21.8. The lowest BCUT2D eigenvalue weighted by Crippen LogP contribution is -2.19. The molecule has 1 heterocycles. The number of ether oxygens (including phenoxy) is 1. The summed E-state index contributed by atoms with van der Waals surface area (Å²) in [6, 6.07) is 18.8. The van der Waals surface area contributed by atoms with Gasteiger partial charge in [-0.3, -0.25) is 4.79 Å². The number of hydrogen-bond donors (Lipinski definition) is 1. The monoisotopic (exact) mass is 414 g/mol. The van der Waals surface area contributed by atoms with E-state index in [1.54, 1.807) is 0 Å². The Bertz CT molecular complexity index is 1150. The van der Waals surface area contributed by atoms with Gasteiger partial charge in [-0.15, -0.1) is 0 Å². The third-order valence-corrected chi connectivity index (χ3v) is 7.15. The van der Waals surface area contributed by atoms with Crippen LogP contribution >= 0.6 is 0 Å². The van der Waals surface area contributed by atoms with E-state index in [4.69, 9.17) is 4.74 Å². The molecule has 160 valence electrons. The van der Waals surface area contributed by atoms with E-state index < -0.39 is 11.9 Å². The Morgan fingerprint density at radius 3 is 2.65 bits per heavy atom. The Balaban J connectivity index is 1.70. The highest BCUT2D eigenvalue weighted by molar-refractivity contribution is 5.97. The van der Waals surface area contributed by atoms with Crippen LogP contribution in [0.3, 0.4) is 0 Å². The van der Waals surface area contributed by atoms with Gasteiger partial charge in [-0.25, -0.2) is 0 Å². The third-order valence-electron chi connectivity index (χ3n) is 7.15. The fourth-order valence-electron chi connectivity index (χ4n) is 5.51. The minimum absolute atomic E-state index is 0.117. The number of carboxylic acids is 1. The van der Waals surface area contributed by atoms with E-state index >= 15 is 0 Å². The van der Waals surface area contributed by atoms with Gasteiger partial charge in [0, 0.05) is 0 Å². The van der Waals surface area contributed by atoms with Crippen LogP contribution in [0.4, 0.5) is 0 Å². The highest BCUT2D eigenvalue weighted by atomic mass is 16.5. The molecule has 1 aliphatic heterocycles. The van der Waals surface area contributed by atoms with Crippen LogP contribution in [-0.4, -0.2) is 17.7 Å². The fourth-order valence-corrected chi connectivity index (χ4v) is 5.51. The average molecular weight is 415 g/mol. The van der Waals surface area contributed by atoms with Crippen molar-refractivity contribution < 1.29 is 14.6 Å². The maximum absolute atomic E-state index is 12.7. The van der Waals surface area contributed by atoms with Crippen molar-refractivity contribution in [1.29, 1.82) is 0 Å². The van der Waals surface area contributed by atoms with Crippen LogP contribution in [0.1, 0.15) is 50.7 Å². The van der Waals surface area contributed by atoms with E-state index in [0.29, 0.717) is 5.92 Å². The Morgan fingerprint density at radius 2 is 1.90 bits per heavy atom. The van der Waals surface area contributed by atoms with Crippen molar-refractivity contribution >= 4 is 16.7 Å². The minimum Gasteiger partial charge on any atom is -0.493 e. The van der Waals surface area contributed by atoms with Gasteiger partial charge in [0.25, 0.3) is 0 Å². The summed E-state index contributed by atoms with van der Waals surface area (Å²) in [6.07, 6.45) is 3.00. The summed E-state index contributed by atoms with van der Waals surface area (Å²) in [7, 11) is 0. The van der Waals surface area contributed by atoms with Crippen LogP contribution in [0.5, 0.6) is 5.75 Å². The fraction of sp³-hybridized carbons (Fsp3) is 0.393. The molecule has 0 aromatic heterocycles. The van der Waals surface area contributed by atoms with Crippen LogP contribution in [0, 0.1) is 17.3 Å². The molecule has 1 N–H and O–H groups in total. The summed E-state index contributed by atoms with van der Waals surface area (Å²) in [4.78, 5) is 12.7. The highest BCUT2D eigenvalue weighted by Crippen LogP contribution is 2.58. The van der Waals surface area contributed by atoms with E-state index in [2.05, 4.69) is 57.2 Å². The van der Waals surface area contributed by atoms with Gasteiger partial charge in [-0.1, -0.05) is 63.2 Å². The quantitative estimate of drug-likeness (QED) is 0.518. The van der Waals surface area contributed by atoms with Crippen LogP contribution in [0.25, 0.3) is 21.9 Å². The molecule has 0 amide bonds. The Morgan fingerprint density at radius 1 is 1.10 bits per heavy atom. The summed E-state index contributed by atoms with van der Waals surface area (Å²) in [6.45, 7) is 7.45. The van der Waals surface area contributed by atoms with Crippen LogP contribution in [-0.2, 0) is 11.2 Å². The molecule has 3 atom stereocenters. The van der Waals surface area contributed by atoms with Gasteiger partial charge in [0.2, 0.25) is 0 Å². The van der Waals surface area contributed by atoms with Crippen molar-refractivity contribution in [2.75, 3.05) is 6.61 Å². The van der Waals surface area contributed by atoms with E-state index in [9.17, 15) is 9.90 Å². The molecule has 3 nitrogen and oxygen atoms in total. The van der Waals surface area contributed by atoms with E-state index in [0.717, 1.165) is 59.1 Å². The summed E-state index contributed by atoms with van der Waals surface area (Å²) in [5.74, 6) is 0.343. The third kappa shape index (κ3) is 3.60. The summed E-state index contributed by atoms with van der Waals surface area (Å²) in [5.41, 5.74) is 4.43. The maximum atomic E-state index is 12.7. The van der Waals surface area contributed by atoms with Gasteiger partial charge >= 0.3 is 5.97 Å². The molecule has 3 aromatic carbocycles. The lowest BCUT2D eigenvalue weighted by molar-refractivity contribution is -0.139. The summed E-state index contributed by atoms with van der Waals surface area (Å²) >= 11 is 0. The van der Waals surface area contributed by atoms with Gasteiger partial charge in [-0.2, -0.15) is 0 Å². The first-order valence-corrected chi connectivity index (χ1v) is 11.3. The van der Waals surface area contributed by atoms with Crippen molar-refractivity contribution in [1.82, 2.24) is 0 Å². The lowest BCUT2D eigenvalue weighted by atomic mass is 9.80. The highest BCUT2D eigenvalue weighted by Gasteiger charge is 2.52. The molecule has 0 spiro atoms. The molecular formula is C28H30O3. The van der Waals surface area contributed by atoms with Gasteiger partial charge in [0.05, 0.1) is 12.5 Å². The van der Waals surface area contributed by atoms with Crippen molar-refractivity contribution in [2.45, 2.75) is 46.0 Å². The zero-order valence-electron chi connectivity index (χ0n) is 18.5. The summed E-state index contributed by atoms with van der Waals surface area (Å²) < 4.78 is 5.81. The largest absolute Gasteiger partial charge is 0.493 e. The Hall–Kier alpha value is -2.81. The van der Waals surface area contributed by atoms with Crippen LogP contribution in [0.15, 0.2) is 54.6 Å². The number of carbonyl (C=O) groups is 1. The molecule has 1 saturated carbocycles. The van der Waals surface area contributed by atoms with E-state index in [1.165, 1.54) is 5.56 Å². The SMILES string of the molecule is CC(C)(C)C1CC1C(C(=O)O)c1c(-c2ccc3c(c2)CCCO3)ccc2ccccc12. The van der Waals surface area contributed by atoms with Crippen LogP contribution in [0.2, 0.25) is 0 Å². The van der Waals surface area contributed by atoms with Gasteiger partial charge in [0.1, 0.15) is 5.75 Å². The van der Waals surface area contributed by atoms with Crippen molar-refractivity contribution in [3.8, 4) is 16.9 Å². The van der Waals surface area contributed by atoms with Crippen molar-refractivity contribution in [2.24, 2.45) is 17.3 Å². The molecule has 3 aromatic rings. The molecule has 2 aliphatic rings. The molecule has 0 radical (unpaired) electrons. The topological polar surface area (TPSA) is 46.5 Å². The number of carboxylic acid groups (broad SMARTS) is 1. The zero-order valence-corrected chi connectivity index (χ0v) is 18.5. The van der Waals surface area contributed by atoms with Gasteiger partial charge in [0.15, 0.2) is 0 Å². The smallest absolute Gasteiger partial charge is 0.311 e. The molecular weight excluding hydrogens is 384 g/mol. The molecule has 0 bridgehead atoms. The minimum atomic E-state index is -0.712. The van der Waals surface area contributed by atoms with Crippen molar-refractivity contribution in [3.05, 3.63) is 65.7 Å². The van der Waals surface area contributed by atoms with Gasteiger partial charge in [-0.05, 0) is 81.7 Å². The van der Waals surface area contributed by atoms with Crippen molar-refractivity contribution in [3.63, 3.8) is 0 Å². The Kier molecular flexibility index (Phi) is 4.80. The molecule has 3 unspecified atom stereocenters. The number of rotatable bonds is 4. The first-order valence-electron chi connectivity index (χ1n) is 11.3. The van der Waals surface area contributed by atoms with E-state index in [1.807, 2.05) is 18.2 Å². The first-order chi connectivity index (χ1) is 14.8. The average Bonchev–Trinajstić information content (AvgIpc) is 3.54. The molecule has 1 aliphatic carbocycles. The second-order valence-electron chi connectivity index (χ2n) is 10.2. The predicted molar refractivity (Wildman–Crippen MR) is 125 cm³/mol. The van der Waals surface area contributed by atoms with E-state index in [-0.39, 0.29) is 11.3 Å². The molecule has 3 heteroatoms. The number of benzene rings is 3. The maximum Gasteiger partial charge on any atom is 0.311 e. The molecule has 31 heavy (non-hydrogen) atoms. The first kappa shape index (κ1) is 20.1. The number of aryl methyl sites for hydroxylation is 1. The molecule has 1 fully saturated rings. The summed E-state index contributed by atoms with van der Waals surface area (Å²) in [5, 5.41) is 12.6. The lowest BCUT2D eigenvalue weighted by Gasteiger charge is -2.24. The molecule has 0 saturated heterocycles. The van der Waals surface area contributed by atoms with Gasteiger partial charge < -0.3 is 9.84 Å². The number of fused-ring (bicyclic) bond motifs is 2. The second-order valence-corrected chi connectivity index (χ2v) is 10.2. The Labute approximate surface area is 184 Å². The number of hydrogen-bond acceptors (Lipinski definition) is 2. The second kappa shape index (κ2) is 7.40. The molecule has 5 rings (SSSR count). The predicted octanol–water partition coefficient (Wildman–Crippen LogP) is 6.68. The number of aliphatic carboxylic acids is 1.